The van der Waals surface area contributed by atoms with E-state index in [0.717, 1.165) is 24.2 Å². The molecule has 0 amide bonds. The predicted octanol–water partition coefficient (Wildman–Crippen LogP) is 3.62. The fourth-order valence-corrected chi connectivity index (χ4v) is 3.98. The molecule has 0 aliphatic carbocycles. The largest absolute Gasteiger partial charge is 0.488 e. The molecule has 0 spiro atoms. The number of sulfonamides is 1. The van der Waals surface area contributed by atoms with Gasteiger partial charge < -0.3 is 4.74 Å². The Hall–Kier alpha value is -2.01. The van der Waals surface area contributed by atoms with Crippen LogP contribution < -0.4 is 9.04 Å². The van der Waals surface area contributed by atoms with Crippen LogP contribution in [0.4, 0.5) is 5.69 Å². The number of aryl methyl sites for hydroxylation is 1. The lowest BCUT2D eigenvalue weighted by atomic mass is 9.94. The van der Waals surface area contributed by atoms with Gasteiger partial charge in [0.1, 0.15) is 11.4 Å². The monoisotopic (exact) mass is 331 g/mol. The van der Waals surface area contributed by atoms with Crippen molar-refractivity contribution in [3.63, 3.8) is 0 Å². The van der Waals surface area contributed by atoms with Crippen molar-refractivity contribution in [3.05, 3.63) is 54.1 Å². The molecular weight excluding hydrogens is 310 g/mol. The first-order valence-electron chi connectivity index (χ1n) is 7.65. The molecule has 1 heterocycles. The molecule has 0 aromatic heterocycles. The summed E-state index contributed by atoms with van der Waals surface area (Å²) in [7, 11) is -2.00. The van der Waals surface area contributed by atoms with Gasteiger partial charge in [0.2, 0.25) is 0 Å². The number of nitrogens with zero attached hydrogens (tertiary/aromatic N) is 1. The van der Waals surface area contributed by atoms with Gasteiger partial charge in [-0.25, -0.2) is 8.42 Å². The molecule has 5 heteroatoms. The molecule has 0 N–H and O–H groups in total. The van der Waals surface area contributed by atoms with E-state index in [9.17, 15) is 8.42 Å². The zero-order valence-corrected chi connectivity index (χ0v) is 14.4. The lowest BCUT2D eigenvalue weighted by Gasteiger charge is -2.32. The molecule has 0 fully saturated rings. The summed E-state index contributed by atoms with van der Waals surface area (Å²) in [5, 5.41) is 0. The number of hydrogen-bond donors (Lipinski definition) is 0. The Labute approximate surface area is 137 Å². The maximum Gasteiger partial charge on any atom is 0.264 e. The van der Waals surface area contributed by atoms with E-state index in [-0.39, 0.29) is 5.60 Å². The number of para-hydroxylation sites is 1. The van der Waals surface area contributed by atoms with Crippen LogP contribution in [0.5, 0.6) is 5.75 Å². The number of benzene rings is 2. The van der Waals surface area contributed by atoms with Gasteiger partial charge in [-0.05, 0) is 62.6 Å². The number of rotatable bonds is 3. The van der Waals surface area contributed by atoms with Gasteiger partial charge in [-0.15, -0.1) is 0 Å². The Kier molecular flexibility index (Phi) is 3.84. The van der Waals surface area contributed by atoms with Gasteiger partial charge in [-0.1, -0.05) is 18.2 Å². The van der Waals surface area contributed by atoms with E-state index < -0.39 is 10.0 Å². The van der Waals surface area contributed by atoms with Crippen molar-refractivity contribution in [3.8, 4) is 5.75 Å². The second-order valence-electron chi connectivity index (χ2n) is 6.44. The lowest BCUT2D eigenvalue weighted by Crippen LogP contribution is -2.33. The number of ether oxygens (including phenoxy) is 1. The highest BCUT2D eigenvalue weighted by atomic mass is 32.2. The van der Waals surface area contributed by atoms with Crippen molar-refractivity contribution in [1.82, 2.24) is 0 Å². The first-order valence-corrected chi connectivity index (χ1v) is 9.09. The topological polar surface area (TPSA) is 46.6 Å². The summed E-state index contributed by atoms with van der Waals surface area (Å²) in [6.45, 7) is 4.09. The molecular formula is C18H21NO3S. The van der Waals surface area contributed by atoms with Crippen LogP contribution in [0.25, 0.3) is 0 Å². The van der Waals surface area contributed by atoms with E-state index in [0.29, 0.717) is 10.6 Å². The average Bonchev–Trinajstić information content (AvgIpc) is 2.53. The van der Waals surface area contributed by atoms with E-state index in [1.807, 2.05) is 32.0 Å². The van der Waals surface area contributed by atoms with Crippen LogP contribution in [0, 0.1) is 0 Å². The van der Waals surface area contributed by atoms with Gasteiger partial charge in [-0.3, -0.25) is 4.31 Å². The SMILES string of the molecule is CN(c1ccccc1)S(=O)(=O)c1ccc2c(c1)CCC(C)(C)O2. The van der Waals surface area contributed by atoms with E-state index in [1.165, 1.54) is 4.31 Å². The highest BCUT2D eigenvalue weighted by Gasteiger charge is 2.29. The Bertz CT molecular complexity index is 813. The van der Waals surface area contributed by atoms with Gasteiger partial charge in [-0.2, -0.15) is 0 Å². The van der Waals surface area contributed by atoms with Gasteiger partial charge in [0, 0.05) is 7.05 Å². The summed E-state index contributed by atoms with van der Waals surface area (Å²) in [5.41, 5.74) is 1.39. The zero-order valence-electron chi connectivity index (χ0n) is 13.6. The molecule has 2 aromatic carbocycles. The smallest absolute Gasteiger partial charge is 0.264 e. The average molecular weight is 331 g/mol. The highest BCUT2D eigenvalue weighted by molar-refractivity contribution is 7.92. The second kappa shape index (κ2) is 5.57. The first kappa shape index (κ1) is 15.9. The van der Waals surface area contributed by atoms with E-state index in [4.69, 9.17) is 4.74 Å². The molecule has 0 atom stereocenters. The van der Waals surface area contributed by atoms with Crippen molar-refractivity contribution in [2.24, 2.45) is 0 Å². The Morgan fingerprint density at radius 1 is 1.09 bits per heavy atom. The summed E-state index contributed by atoms with van der Waals surface area (Å²) in [6.07, 6.45) is 1.69. The molecule has 3 rings (SSSR count). The minimum absolute atomic E-state index is 0.200. The summed E-state index contributed by atoms with van der Waals surface area (Å²) in [4.78, 5) is 0.297. The number of fused-ring (bicyclic) bond motifs is 1. The molecule has 0 saturated carbocycles. The van der Waals surface area contributed by atoms with E-state index >= 15 is 0 Å². The number of hydrogen-bond acceptors (Lipinski definition) is 3. The van der Waals surface area contributed by atoms with Crippen molar-refractivity contribution < 1.29 is 13.2 Å². The maximum absolute atomic E-state index is 12.8. The molecule has 1 aliphatic heterocycles. The van der Waals surface area contributed by atoms with Crippen molar-refractivity contribution in [2.75, 3.05) is 11.4 Å². The maximum atomic E-state index is 12.8. The van der Waals surface area contributed by atoms with E-state index in [2.05, 4.69) is 0 Å². The van der Waals surface area contributed by atoms with Crippen LogP contribution in [0.15, 0.2) is 53.4 Å². The number of anilines is 1. The fourth-order valence-electron chi connectivity index (χ4n) is 2.73. The van der Waals surface area contributed by atoms with Gasteiger partial charge in [0.15, 0.2) is 0 Å². The third-order valence-electron chi connectivity index (χ3n) is 4.19. The summed E-state index contributed by atoms with van der Waals surface area (Å²) in [5.74, 6) is 0.780. The predicted molar refractivity (Wildman–Crippen MR) is 91.5 cm³/mol. The Morgan fingerprint density at radius 2 is 1.78 bits per heavy atom. The summed E-state index contributed by atoms with van der Waals surface area (Å²) >= 11 is 0. The Balaban J connectivity index is 1.96. The quantitative estimate of drug-likeness (QED) is 0.863. The Morgan fingerprint density at radius 3 is 2.48 bits per heavy atom. The molecule has 4 nitrogen and oxygen atoms in total. The minimum Gasteiger partial charge on any atom is -0.488 e. The molecule has 0 saturated heterocycles. The van der Waals surface area contributed by atoms with Crippen LogP contribution in [-0.2, 0) is 16.4 Å². The van der Waals surface area contributed by atoms with Crippen LogP contribution in [0.3, 0.4) is 0 Å². The molecule has 0 radical (unpaired) electrons. The molecule has 122 valence electrons. The van der Waals surface area contributed by atoms with Crippen molar-refractivity contribution in [2.45, 2.75) is 37.2 Å². The molecule has 0 unspecified atom stereocenters. The van der Waals surface area contributed by atoms with E-state index in [1.54, 1.807) is 37.4 Å². The third kappa shape index (κ3) is 3.06. The van der Waals surface area contributed by atoms with Gasteiger partial charge in [0.05, 0.1) is 10.6 Å². The molecule has 2 aromatic rings. The zero-order chi connectivity index (χ0) is 16.7. The second-order valence-corrected chi connectivity index (χ2v) is 8.41. The van der Waals surface area contributed by atoms with Crippen LogP contribution in [0.2, 0.25) is 0 Å². The molecule has 23 heavy (non-hydrogen) atoms. The molecule has 0 bridgehead atoms. The minimum atomic E-state index is -3.58. The van der Waals surface area contributed by atoms with Gasteiger partial charge >= 0.3 is 0 Å². The summed E-state index contributed by atoms with van der Waals surface area (Å²) in [6, 6.07) is 14.2. The fraction of sp³-hybridized carbons (Fsp3) is 0.333. The van der Waals surface area contributed by atoms with Gasteiger partial charge in [0.25, 0.3) is 10.0 Å². The third-order valence-corrected chi connectivity index (χ3v) is 5.97. The normalized spacial score (nSPS) is 16.3. The van der Waals surface area contributed by atoms with Crippen LogP contribution >= 0.6 is 0 Å². The standard InChI is InChI=1S/C18H21NO3S/c1-18(2)12-11-14-13-16(9-10-17(14)22-18)23(20,21)19(3)15-7-5-4-6-8-15/h4-10,13H,11-12H2,1-3H3. The van der Waals surface area contributed by atoms with Crippen molar-refractivity contribution in [1.29, 1.82) is 0 Å². The van der Waals surface area contributed by atoms with Crippen molar-refractivity contribution >= 4 is 15.7 Å². The van der Waals surface area contributed by atoms with Crippen LogP contribution in [-0.4, -0.2) is 21.1 Å². The van der Waals surface area contributed by atoms with Crippen LogP contribution in [0.1, 0.15) is 25.8 Å². The molecule has 1 aliphatic rings. The summed E-state index contributed by atoms with van der Waals surface area (Å²) < 4.78 is 32.9. The first-order chi connectivity index (χ1) is 10.8. The lowest BCUT2D eigenvalue weighted by molar-refractivity contribution is 0.0845. The highest BCUT2D eigenvalue weighted by Crippen LogP contribution is 2.35.